The highest BCUT2D eigenvalue weighted by atomic mass is 35.5. The molecule has 152 valence electrons. The molecule has 3 aromatic rings. The van der Waals surface area contributed by atoms with Crippen LogP contribution in [0.4, 0.5) is 5.69 Å². The number of halogens is 1. The van der Waals surface area contributed by atoms with Gasteiger partial charge < -0.3 is 9.64 Å². The molecule has 1 amide bonds. The first-order chi connectivity index (χ1) is 13.8. The van der Waals surface area contributed by atoms with Gasteiger partial charge in [-0.25, -0.2) is 4.98 Å². The first-order valence-corrected chi connectivity index (χ1v) is 11.8. The topological polar surface area (TPSA) is 93.0 Å². The number of aromatic nitrogens is 2. The van der Waals surface area contributed by atoms with E-state index in [1.54, 1.807) is 41.6 Å². The Morgan fingerprint density at radius 3 is 3.03 bits per heavy atom. The molecule has 8 nitrogen and oxygen atoms in total. The van der Waals surface area contributed by atoms with Crippen molar-refractivity contribution >= 4 is 49.5 Å². The number of anilines is 1. The number of hydrogen-bond donors (Lipinski definition) is 1. The first-order valence-electron chi connectivity index (χ1n) is 9.03. The fraction of sp³-hybridized carbons (Fsp3) is 0.333. The molecule has 2 aromatic heterocycles. The van der Waals surface area contributed by atoms with Crippen molar-refractivity contribution in [1.82, 2.24) is 14.3 Å². The second-order valence-electron chi connectivity index (χ2n) is 7.14. The Morgan fingerprint density at radius 1 is 1.41 bits per heavy atom. The molecule has 0 saturated carbocycles. The largest absolute Gasteiger partial charge is 0.488 e. The zero-order chi connectivity index (χ0) is 20.3. The number of likely N-dealkylation sites (tertiary alicyclic amines) is 1. The van der Waals surface area contributed by atoms with Crippen molar-refractivity contribution in [2.45, 2.75) is 30.4 Å². The van der Waals surface area contributed by atoms with Crippen LogP contribution < -0.4 is 9.46 Å². The number of benzene rings is 1. The predicted molar refractivity (Wildman–Crippen MR) is 109 cm³/mol. The summed E-state index contributed by atoms with van der Waals surface area (Å²) in [5.74, 6) is 0.900. The maximum atomic E-state index is 13.0. The molecule has 2 unspecified atom stereocenters. The highest BCUT2D eigenvalue weighted by molar-refractivity contribution is 7.92. The van der Waals surface area contributed by atoms with Gasteiger partial charge in [0.1, 0.15) is 11.9 Å². The minimum atomic E-state index is -3.93. The summed E-state index contributed by atoms with van der Waals surface area (Å²) in [6.07, 6.45) is 2.29. The van der Waals surface area contributed by atoms with Crippen molar-refractivity contribution in [3.63, 3.8) is 0 Å². The number of thiazole rings is 1. The lowest BCUT2D eigenvalue weighted by Gasteiger charge is -2.33. The molecule has 2 atom stereocenters. The summed E-state index contributed by atoms with van der Waals surface area (Å²) in [6, 6.07) is 5.23. The third-order valence-electron chi connectivity index (χ3n) is 5.38. The number of carbonyl (C=O) groups is 1. The number of hydrogen-bond acceptors (Lipinski definition) is 6. The number of carbonyl (C=O) groups excluding carboxylic acids is 1. The van der Waals surface area contributed by atoms with E-state index in [0.29, 0.717) is 23.7 Å². The van der Waals surface area contributed by atoms with E-state index in [0.717, 1.165) is 17.7 Å². The fourth-order valence-electron chi connectivity index (χ4n) is 4.03. The van der Waals surface area contributed by atoms with E-state index in [9.17, 15) is 13.2 Å². The number of rotatable bonds is 3. The van der Waals surface area contributed by atoms with Crippen molar-refractivity contribution in [2.24, 2.45) is 0 Å². The standard InChI is InChI=1S/C18H17ClN4O4S2/c1-10(24)22-5-4-12-13-8-11(2-3-14(13)27-15(12)9-22)21-29(25,26)17-16(19)20-18-23(17)6-7-28-18/h2-3,6-8,12,15,21H,4-5,9H2,1H3. The van der Waals surface area contributed by atoms with Gasteiger partial charge in [-0.2, -0.15) is 8.42 Å². The molecule has 29 heavy (non-hydrogen) atoms. The van der Waals surface area contributed by atoms with E-state index in [1.165, 1.54) is 15.7 Å². The van der Waals surface area contributed by atoms with Gasteiger partial charge in [0.15, 0.2) is 15.1 Å². The van der Waals surface area contributed by atoms with Gasteiger partial charge in [-0.3, -0.25) is 13.9 Å². The molecule has 0 spiro atoms. The zero-order valence-electron chi connectivity index (χ0n) is 15.3. The Morgan fingerprint density at radius 2 is 2.24 bits per heavy atom. The van der Waals surface area contributed by atoms with Crippen LogP contribution in [0.5, 0.6) is 5.75 Å². The summed E-state index contributed by atoms with van der Waals surface area (Å²) in [7, 11) is -3.93. The minimum absolute atomic E-state index is 0.0360. The molecule has 11 heteroatoms. The monoisotopic (exact) mass is 452 g/mol. The lowest BCUT2D eigenvalue weighted by Crippen LogP contribution is -2.45. The van der Waals surface area contributed by atoms with E-state index < -0.39 is 10.0 Å². The van der Waals surface area contributed by atoms with Crippen LogP contribution in [0.3, 0.4) is 0 Å². The Kier molecular flexibility index (Phi) is 4.27. The van der Waals surface area contributed by atoms with Gasteiger partial charge in [0.2, 0.25) is 5.91 Å². The van der Waals surface area contributed by atoms with Gasteiger partial charge in [-0.1, -0.05) is 11.6 Å². The summed E-state index contributed by atoms with van der Waals surface area (Å²) in [5, 5.41) is 1.60. The SMILES string of the molecule is CC(=O)N1CCC2c3cc(NS(=O)(=O)c4c(Cl)nc5sccn45)ccc3OC2C1. The summed E-state index contributed by atoms with van der Waals surface area (Å²) < 4.78 is 36.0. The molecule has 1 N–H and O–H groups in total. The van der Waals surface area contributed by atoms with Gasteiger partial charge in [0, 0.05) is 42.2 Å². The third kappa shape index (κ3) is 3.06. The number of nitrogens with zero attached hydrogens (tertiary/aromatic N) is 3. The fourth-order valence-corrected chi connectivity index (χ4v) is 6.54. The number of nitrogens with one attached hydrogen (secondary N) is 1. The van der Waals surface area contributed by atoms with E-state index >= 15 is 0 Å². The van der Waals surface area contributed by atoms with Crippen LogP contribution in [0.15, 0.2) is 34.8 Å². The van der Waals surface area contributed by atoms with Crippen molar-refractivity contribution < 1.29 is 17.9 Å². The Hall–Kier alpha value is -2.30. The molecule has 5 rings (SSSR count). The summed E-state index contributed by atoms with van der Waals surface area (Å²) in [5.41, 5.74) is 1.39. The van der Waals surface area contributed by atoms with Crippen LogP contribution in [-0.2, 0) is 14.8 Å². The molecule has 2 aliphatic rings. The predicted octanol–water partition coefficient (Wildman–Crippen LogP) is 2.95. The average Bonchev–Trinajstić information content (AvgIpc) is 3.32. The smallest absolute Gasteiger partial charge is 0.281 e. The average molecular weight is 453 g/mol. The van der Waals surface area contributed by atoms with Crippen molar-refractivity contribution in [1.29, 1.82) is 0 Å². The zero-order valence-corrected chi connectivity index (χ0v) is 17.7. The van der Waals surface area contributed by atoms with Gasteiger partial charge in [-0.15, -0.1) is 11.3 Å². The lowest BCUT2D eigenvalue weighted by molar-refractivity contribution is -0.131. The molecule has 1 aromatic carbocycles. The number of fused-ring (bicyclic) bond motifs is 4. The molecule has 1 saturated heterocycles. The third-order valence-corrected chi connectivity index (χ3v) is 7.91. The molecule has 2 aliphatic heterocycles. The van der Waals surface area contributed by atoms with E-state index in [2.05, 4.69) is 9.71 Å². The van der Waals surface area contributed by atoms with Crippen molar-refractivity contribution in [3.8, 4) is 5.75 Å². The van der Waals surface area contributed by atoms with Crippen LogP contribution in [0.1, 0.15) is 24.8 Å². The second-order valence-corrected chi connectivity index (χ2v) is 9.97. The molecule has 4 heterocycles. The number of sulfonamides is 1. The number of ether oxygens (including phenoxy) is 1. The number of imidazole rings is 1. The molecule has 1 fully saturated rings. The summed E-state index contributed by atoms with van der Waals surface area (Å²) >= 11 is 7.39. The maximum Gasteiger partial charge on any atom is 0.281 e. The van der Waals surface area contributed by atoms with Gasteiger partial charge in [0.25, 0.3) is 10.0 Å². The Labute approximate surface area is 176 Å². The van der Waals surface area contributed by atoms with E-state index in [1.807, 2.05) is 0 Å². The number of piperidine rings is 1. The van der Waals surface area contributed by atoms with Gasteiger partial charge in [-0.05, 0) is 24.6 Å². The van der Waals surface area contributed by atoms with Crippen molar-refractivity contribution in [3.05, 3.63) is 40.5 Å². The molecular formula is C18H17ClN4O4S2. The van der Waals surface area contributed by atoms with Crippen LogP contribution in [0.2, 0.25) is 5.15 Å². The normalized spacial score (nSPS) is 21.0. The van der Waals surface area contributed by atoms with Crippen LogP contribution in [-0.4, -0.2) is 47.8 Å². The van der Waals surface area contributed by atoms with E-state index in [4.69, 9.17) is 16.3 Å². The minimum Gasteiger partial charge on any atom is -0.488 e. The summed E-state index contributed by atoms with van der Waals surface area (Å²) in [6.45, 7) is 2.76. The van der Waals surface area contributed by atoms with Crippen molar-refractivity contribution in [2.75, 3.05) is 17.8 Å². The van der Waals surface area contributed by atoms with Crippen LogP contribution >= 0.6 is 22.9 Å². The van der Waals surface area contributed by atoms with Gasteiger partial charge >= 0.3 is 0 Å². The Bertz CT molecular complexity index is 1240. The number of amides is 1. The van der Waals surface area contributed by atoms with Crippen LogP contribution in [0.25, 0.3) is 4.96 Å². The first kappa shape index (κ1) is 18.7. The highest BCUT2D eigenvalue weighted by Gasteiger charge is 2.39. The quantitative estimate of drug-likeness (QED) is 0.659. The molecule has 0 aliphatic carbocycles. The molecule has 0 bridgehead atoms. The molecule has 0 radical (unpaired) electrons. The summed E-state index contributed by atoms with van der Waals surface area (Å²) in [4.78, 5) is 18.0. The van der Waals surface area contributed by atoms with E-state index in [-0.39, 0.29) is 28.1 Å². The Balaban J connectivity index is 1.44. The van der Waals surface area contributed by atoms with Crippen LogP contribution in [0, 0.1) is 0 Å². The van der Waals surface area contributed by atoms with Gasteiger partial charge in [0.05, 0.1) is 6.54 Å². The second kappa shape index (κ2) is 6.61. The molecular weight excluding hydrogens is 436 g/mol. The highest BCUT2D eigenvalue weighted by Crippen LogP contribution is 2.44. The maximum absolute atomic E-state index is 13.0. The lowest BCUT2D eigenvalue weighted by atomic mass is 9.88.